The molecule has 1 fully saturated rings. The Kier molecular flexibility index (Phi) is 6.78. The first kappa shape index (κ1) is 21.7. The van der Waals surface area contributed by atoms with Gasteiger partial charge in [-0.05, 0) is 54.2 Å². The van der Waals surface area contributed by atoms with E-state index in [1.54, 1.807) is 18.9 Å². The second-order valence-electron chi connectivity index (χ2n) is 7.98. The van der Waals surface area contributed by atoms with E-state index in [1.165, 1.54) is 0 Å². The van der Waals surface area contributed by atoms with E-state index in [-0.39, 0.29) is 11.9 Å². The number of aliphatic hydroxyl groups is 1. The zero-order valence-electron chi connectivity index (χ0n) is 17.9. The maximum absolute atomic E-state index is 13.3. The van der Waals surface area contributed by atoms with E-state index in [0.717, 1.165) is 52.6 Å². The van der Waals surface area contributed by atoms with Gasteiger partial charge >= 0.3 is 0 Å². The zero-order valence-corrected chi connectivity index (χ0v) is 18.7. The molecule has 0 bridgehead atoms. The van der Waals surface area contributed by atoms with E-state index >= 15 is 0 Å². The largest absolute Gasteiger partial charge is 0.495 e. The smallest absolute Gasteiger partial charge is 0.255 e. The van der Waals surface area contributed by atoms with Crippen molar-refractivity contribution in [1.82, 2.24) is 10.3 Å². The molecule has 2 atom stereocenters. The fourth-order valence-electron chi connectivity index (χ4n) is 4.34. The number of amides is 1. The number of aromatic nitrogens is 1. The molecule has 1 aromatic heterocycles. The number of hydrogen-bond acceptors (Lipinski definition) is 5. The lowest BCUT2D eigenvalue weighted by molar-refractivity contribution is 0.0715. The lowest BCUT2D eigenvalue weighted by atomic mass is 9.91. The summed E-state index contributed by atoms with van der Waals surface area (Å²) in [6.07, 6.45) is 7.60. The van der Waals surface area contributed by atoms with Crippen LogP contribution in [0.3, 0.4) is 0 Å². The number of aliphatic hydroxyl groups excluding tert-OH is 1. The van der Waals surface area contributed by atoms with Gasteiger partial charge in [0.2, 0.25) is 0 Å². The van der Waals surface area contributed by atoms with Gasteiger partial charge in [-0.3, -0.25) is 4.79 Å². The number of benzene rings is 2. The molecule has 1 amide bonds. The maximum Gasteiger partial charge on any atom is 0.255 e. The van der Waals surface area contributed by atoms with Crippen LogP contribution >= 0.6 is 11.8 Å². The molecule has 6 heteroatoms. The third kappa shape index (κ3) is 4.70. The van der Waals surface area contributed by atoms with Crippen molar-refractivity contribution in [1.29, 1.82) is 0 Å². The minimum Gasteiger partial charge on any atom is -0.495 e. The highest BCUT2D eigenvalue weighted by atomic mass is 32.2. The van der Waals surface area contributed by atoms with E-state index in [1.807, 2.05) is 42.8 Å². The van der Waals surface area contributed by atoms with Crippen molar-refractivity contribution >= 4 is 28.4 Å². The van der Waals surface area contributed by atoms with Crippen LogP contribution in [0.25, 0.3) is 10.8 Å². The van der Waals surface area contributed by atoms with Gasteiger partial charge in [-0.25, -0.2) is 4.98 Å². The Morgan fingerprint density at radius 2 is 1.97 bits per heavy atom. The normalized spacial score (nSPS) is 18.7. The molecular formula is C25H28N2O3S. The molecule has 1 saturated carbocycles. The monoisotopic (exact) mass is 436 g/mol. The summed E-state index contributed by atoms with van der Waals surface area (Å²) < 4.78 is 5.69. The van der Waals surface area contributed by atoms with Gasteiger partial charge in [0, 0.05) is 11.6 Å². The highest BCUT2D eigenvalue weighted by molar-refractivity contribution is 7.98. The minimum atomic E-state index is -0.496. The molecule has 1 aliphatic rings. The average molecular weight is 437 g/mol. The first-order chi connectivity index (χ1) is 15.1. The highest BCUT2D eigenvalue weighted by Crippen LogP contribution is 2.34. The molecule has 0 aliphatic heterocycles. The second-order valence-corrected chi connectivity index (χ2v) is 8.81. The Morgan fingerprint density at radius 1 is 1.19 bits per heavy atom. The number of thioether (sulfide) groups is 1. The van der Waals surface area contributed by atoms with Crippen molar-refractivity contribution < 1.29 is 14.6 Å². The summed E-state index contributed by atoms with van der Waals surface area (Å²) in [6, 6.07) is 13.8. The number of hydrogen-bond donors (Lipinski definition) is 2. The summed E-state index contributed by atoms with van der Waals surface area (Å²) in [5.74, 6) is 0.365. The van der Waals surface area contributed by atoms with Gasteiger partial charge in [0.25, 0.3) is 5.91 Å². The summed E-state index contributed by atoms with van der Waals surface area (Å²) in [5, 5.41) is 16.3. The number of carbonyl (C=O) groups excluding carboxylic acids is 1. The number of methoxy groups -OCH3 is 1. The topological polar surface area (TPSA) is 71.5 Å². The van der Waals surface area contributed by atoms with Gasteiger partial charge in [0.05, 0.1) is 29.8 Å². The second kappa shape index (κ2) is 9.71. The molecular weight excluding hydrogens is 408 g/mol. The van der Waals surface area contributed by atoms with Crippen molar-refractivity contribution in [2.24, 2.45) is 0 Å². The predicted octanol–water partition coefficient (Wildman–Crippen LogP) is 4.59. The van der Waals surface area contributed by atoms with E-state index in [2.05, 4.69) is 22.4 Å². The van der Waals surface area contributed by atoms with Gasteiger partial charge in [-0.15, -0.1) is 11.8 Å². The molecule has 1 heterocycles. The number of fused-ring (bicyclic) bond motifs is 1. The van der Waals surface area contributed by atoms with E-state index < -0.39 is 6.10 Å². The molecule has 0 saturated heterocycles. The molecule has 0 radical (unpaired) electrons. The summed E-state index contributed by atoms with van der Waals surface area (Å²) >= 11 is 1.61. The van der Waals surface area contributed by atoms with Gasteiger partial charge in [0.15, 0.2) is 0 Å². The maximum atomic E-state index is 13.3. The zero-order chi connectivity index (χ0) is 21.8. The summed E-state index contributed by atoms with van der Waals surface area (Å²) in [4.78, 5) is 17.7. The van der Waals surface area contributed by atoms with E-state index in [4.69, 9.17) is 4.74 Å². The van der Waals surface area contributed by atoms with Crippen molar-refractivity contribution in [3.05, 3.63) is 65.4 Å². The molecule has 162 valence electrons. The van der Waals surface area contributed by atoms with Crippen LogP contribution in [0.2, 0.25) is 0 Å². The minimum absolute atomic E-state index is 0.203. The fourth-order valence-corrected chi connectivity index (χ4v) is 4.70. The van der Waals surface area contributed by atoms with Gasteiger partial charge in [0.1, 0.15) is 5.75 Å². The molecule has 2 aromatic carbocycles. The van der Waals surface area contributed by atoms with Crippen LogP contribution in [-0.2, 0) is 6.42 Å². The van der Waals surface area contributed by atoms with Crippen LogP contribution in [0.4, 0.5) is 0 Å². The first-order valence-corrected chi connectivity index (χ1v) is 11.9. The van der Waals surface area contributed by atoms with Crippen molar-refractivity contribution in [3.63, 3.8) is 0 Å². The summed E-state index contributed by atoms with van der Waals surface area (Å²) in [6.45, 7) is 0. The third-order valence-corrected chi connectivity index (χ3v) is 6.64. The summed E-state index contributed by atoms with van der Waals surface area (Å²) in [7, 11) is 1.60. The van der Waals surface area contributed by atoms with Crippen LogP contribution in [0.5, 0.6) is 5.75 Å². The number of ether oxygens (including phenoxy) is 1. The van der Waals surface area contributed by atoms with Crippen molar-refractivity contribution in [2.75, 3.05) is 13.4 Å². The number of pyridine rings is 1. The molecule has 3 aromatic rings. The quantitative estimate of drug-likeness (QED) is 0.553. The molecule has 4 rings (SSSR count). The molecule has 31 heavy (non-hydrogen) atoms. The standard InChI is InChI=1S/C25H28N2O3S/c1-30-24-19-8-4-3-7-18(19)17(13-16-11-12-23(31-2)26-15-16)14-20(24)25(29)27-21-9-5-6-10-22(21)28/h3-4,7-8,11-12,14-15,21-22,28H,5-6,9-10,13H2,1-2H3,(H,27,29)/t21-,22-/m0/s1. The van der Waals surface area contributed by atoms with E-state index in [0.29, 0.717) is 17.7 Å². The van der Waals surface area contributed by atoms with Crippen molar-refractivity contribution in [3.8, 4) is 5.75 Å². The Labute approximate surface area is 187 Å². The van der Waals surface area contributed by atoms with Gasteiger partial charge in [-0.1, -0.05) is 43.2 Å². The number of nitrogens with one attached hydrogen (secondary N) is 1. The lowest BCUT2D eigenvalue weighted by Crippen LogP contribution is -2.45. The van der Waals surface area contributed by atoms with Crippen molar-refractivity contribution in [2.45, 2.75) is 49.3 Å². The highest BCUT2D eigenvalue weighted by Gasteiger charge is 2.27. The Bertz CT molecular complexity index is 1070. The van der Waals surface area contributed by atoms with Crippen LogP contribution in [0.1, 0.15) is 47.2 Å². The Morgan fingerprint density at radius 3 is 2.65 bits per heavy atom. The third-order valence-electron chi connectivity index (χ3n) is 5.98. The van der Waals surface area contributed by atoms with Crippen LogP contribution in [0, 0.1) is 0 Å². The summed E-state index contributed by atoms with van der Waals surface area (Å²) in [5.41, 5.74) is 2.63. The first-order valence-electron chi connectivity index (χ1n) is 10.7. The van der Waals surface area contributed by atoms with E-state index in [9.17, 15) is 9.90 Å². The average Bonchev–Trinajstić information content (AvgIpc) is 2.80. The van der Waals surface area contributed by atoms with Gasteiger partial charge < -0.3 is 15.2 Å². The van der Waals surface area contributed by atoms with Crippen LogP contribution in [-0.4, -0.2) is 41.5 Å². The SMILES string of the molecule is COc1c(C(=O)N[C@H]2CCCC[C@@H]2O)cc(Cc2ccc(SC)nc2)c2ccccc12. The Hall–Kier alpha value is -2.57. The fraction of sp³-hybridized carbons (Fsp3) is 0.360. The Balaban J connectivity index is 1.72. The lowest BCUT2D eigenvalue weighted by Gasteiger charge is -2.28. The number of rotatable bonds is 6. The van der Waals surface area contributed by atoms with Gasteiger partial charge in [-0.2, -0.15) is 0 Å². The molecule has 5 nitrogen and oxygen atoms in total. The molecule has 0 unspecified atom stereocenters. The van der Waals surface area contributed by atoms with Crippen LogP contribution < -0.4 is 10.1 Å². The molecule has 2 N–H and O–H groups in total. The predicted molar refractivity (Wildman–Crippen MR) is 125 cm³/mol. The number of nitrogens with zero attached hydrogens (tertiary/aromatic N) is 1. The molecule has 0 spiro atoms. The molecule has 1 aliphatic carbocycles. The number of carbonyl (C=O) groups is 1. The van der Waals surface area contributed by atoms with Crippen LogP contribution in [0.15, 0.2) is 53.7 Å².